The van der Waals surface area contributed by atoms with Crippen LogP contribution in [0.25, 0.3) is 10.9 Å². The second-order valence-electron chi connectivity index (χ2n) is 4.60. The predicted octanol–water partition coefficient (Wildman–Crippen LogP) is 5.10. The van der Waals surface area contributed by atoms with Crippen LogP contribution in [-0.2, 0) is 6.54 Å². The molecule has 106 valence electrons. The van der Waals surface area contributed by atoms with Crippen LogP contribution >= 0.6 is 23.2 Å². The lowest BCUT2D eigenvalue weighted by Crippen LogP contribution is -1.99. The van der Waals surface area contributed by atoms with Crippen LogP contribution in [0.4, 0.5) is 5.69 Å². The van der Waals surface area contributed by atoms with E-state index in [1.54, 1.807) is 28.8 Å². The highest BCUT2D eigenvalue weighted by Crippen LogP contribution is 2.40. The van der Waals surface area contributed by atoms with Crippen LogP contribution in [0.3, 0.4) is 0 Å². The Hall–Kier alpha value is -2.04. The molecule has 0 bridgehead atoms. The molecule has 0 saturated carbocycles. The lowest BCUT2D eigenvalue weighted by atomic mass is 10.2. The minimum Gasteiger partial charge on any atom is -0.493 e. The maximum Gasteiger partial charge on any atom is 0.222 e. The standard InChI is InChI=1S/C15H10Cl2N2O2/c16-10-5-6-13-11(7-10)14(18-21)15(20)19(13)8-9-3-1-2-4-12(9)17/h1-7,20H,8H2. The van der Waals surface area contributed by atoms with E-state index in [-0.39, 0.29) is 11.6 Å². The molecule has 0 aliphatic carbocycles. The summed E-state index contributed by atoms with van der Waals surface area (Å²) in [6, 6.07) is 12.4. The summed E-state index contributed by atoms with van der Waals surface area (Å²) < 4.78 is 1.59. The summed E-state index contributed by atoms with van der Waals surface area (Å²) in [7, 11) is 0. The van der Waals surface area contributed by atoms with Crippen LogP contribution in [0.1, 0.15) is 5.56 Å². The molecular weight excluding hydrogens is 311 g/mol. The fraction of sp³-hybridized carbons (Fsp3) is 0.0667. The third-order valence-corrected chi connectivity index (χ3v) is 3.95. The lowest BCUT2D eigenvalue weighted by molar-refractivity contribution is 0.430. The van der Waals surface area contributed by atoms with E-state index in [9.17, 15) is 10.0 Å². The Bertz CT molecular complexity index is 843. The average molecular weight is 321 g/mol. The van der Waals surface area contributed by atoms with Gasteiger partial charge in [0.05, 0.1) is 12.1 Å². The molecule has 0 unspecified atom stereocenters. The Morgan fingerprint density at radius 3 is 2.62 bits per heavy atom. The fourth-order valence-corrected chi connectivity index (χ4v) is 2.71. The summed E-state index contributed by atoms with van der Waals surface area (Å²) in [4.78, 5) is 11.0. The summed E-state index contributed by atoms with van der Waals surface area (Å²) in [5.74, 6) is -0.192. The maximum absolute atomic E-state index is 11.0. The third kappa shape index (κ3) is 2.37. The molecule has 1 N–H and O–H groups in total. The number of benzene rings is 2. The van der Waals surface area contributed by atoms with Crippen molar-refractivity contribution in [3.8, 4) is 5.88 Å². The number of rotatable bonds is 3. The summed E-state index contributed by atoms with van der Waals surface area (Å²) in [6.45, 7) is 0.332. The quantitative estimate of drug-likeness (QED) is 0.682. The van der Waals surface area contributed by atoms with Crippen LogP contribution in [0.15, 0.2) is 47.6 Å². The number of hydrogen-bond acceptors (Lipinski definition) is 3. The Morgan fingerprint density at radius 1 is 1.14 bits per heavy atom. The zero-order valence-corrected chi connectivity index (χ0v) is 12.3. The van der Waals surface area contributed by atoms with Gasteiger partial charge >= 0.3 is 0 Å². The first kappa shape index (κ1) is 13.9. The molecule has 0 aliphatic rings. The molecule has 3 aromatic rings. The highest BCUT2D eigenvalue weighted by Gasteiger charge is 2.18. The van der Waals surface area contributed by atoms with Gasteiger partial charge in [-0.05, 0) is 35.0 Å². The number of fused-ring (bicyclic) bond motifs is 1. The summed E-state index contributed by atoms with van der Waals surface area (Å²) in [5, 5.41) is 14.7. The van der Waals surface area contributed by atoms with Crippen LogP contribution in [0, 0.1) is 4.91 Å². The van der Waals surface area contributed by atoms with E-state index in [0.29, 0.717) is 27.5 Å². The van der Waals surface area contributed by atoms with Crippen molar-refractivity contribution >= 4 is 39.8 Å². The minimum atomic E-state index is -0.192. The zero-order chi connectivity index (χ0) is 15.0. The number of aromatic hydroxyl groups is 1. The molecule has 6 heteroatoms. The van der Waals surface area contributed by atoms with Gasteiger partial charge in [-0.2, -0.15) is 0 Å². The number of halogens is 2. The predicted molar refractivity (Wildman–Crippen MR) is 84.6 cm³/mol. The Labute approximate surface area is 130 Å². The van der Waals surface area contributed by atoms with Crippen molar-refractivity contribution < 1.29 is 5.11 Å². The first-order valence-corrected chi connectivity index (χ1v) is 6.95. The smallest absolute Gasteiger partial charge is 0.222 e. The van der Waals surface area contributed by atoms with E-state index >= 15 is 0 Å². The van der Waals surface area contributed by atoms with Gasteiger partial charge in [0.1, 0.15) is 0 Å². The summed E-state index contributed by atoms with van der Waals surface area (Å²) in [5.41, 5.74) is 1.49. The van der Waals surface area contributed by atoms with Crippen LogP contribution in [0.2, 0.25) is 10.0 Å². The Kier molecular flexibility index (Phi) is 3.57. The first-order chi connectivity index (χ1) is 10.1. The van der Waals surface area contributed by atoms with E-state index in [0.717, 1.165) is 5.56 Å². The van der Waals surface area contributed by atoms with Crippen molar-refractivity contribution in [1.29, 1.82) is 0 Å². The Morgan fingerprint density at radius 2 is 1.90 bits per heavy atom. The fourth-order valence-electron chi connectivity index (χ4n) is 2.34. The molecule has 0 saturated heterocycles. The van der Waals surface area contributed by atoms with Crippen LogP contribution < -0.4 is 0 Å². The van der Waals surface area contributed by atoms with Gasteiger partial charge in [-0.1, -0.05) is 41.4 Å². The molecule has 0 spiro atoms. The van der Waals surface area contributed by atoms with Gasteiger partial charge in [0.2, 0.25) is 5.88 Å². The highest BCUT2D eigenvalue weighted by molar-refractivity contribution is 6.31. The molecule has 21 heavy (non-hydrogen) atoms. The van der Waals surface area contributed by atoms with Gasteiger partial charge in [0, 0.05) is 15.4 Å². The van der Waals surface area contributed by atoms with E-state index in [1.807, 2.05) is 18.2 Å². The molecule has 4 nitrogen and oxygen atoms in total. The van der Waals surface area contributed by atoms with Crippen LogP contribution in [-0.4, -0.2) is 9.67 Å². The van der Waals surface area contributed by atoms with E-state index in [2.05, 4.69) is 5.18 Å². The summed E-state index contributed by atoms with van der Waals surface area (Å²) >= 11 is 12.1. The van der Waals surface area contributed by atoms with E-state index in [4.69, 9.17) is 23.2 Å². The molecule has 0 fully saturated rings. The Balaban J connectivity index is 2.21. The third-order valence-electron chi connectivity index (χ3n) is 3.35. The van der Waals surface area contributed by atoms with E-state index < -0.39 is 0 Å². The number of hydrogen-bond donors (Lipinski definition) is 1. The SMILES string of the molecule is O=Nc1c(O)n(Cc2ccccc2Cl)c2ccc(Cl)cc12. The molecule has 0 aliphatic heterocycles. The molecule has 2 aromatic carbocycles. The normalized spacial score (nSPS) is 11.0. The number of aromatic nitrogens is 1. The lowest BCUT2D eigenvalue weighted by Gasteiger charge is -2.08. The largest absolute Gasteiger partial charge is 0.493 e. The van der Waals surface area contributed by atoms with Crippen molar-refractivity contribution in [2.75, 3.05) is 0 Å². The van der Waals surface area contributed by atoms with Crippen molar-refractivity contribution in [2.24, 2.45) is 5.18 Å². The van der Waals surface area contributed by atoms with Gasteiger partial charge in [-0.15, -0.1) is 4.91 Å². The average Bonchev–Trinajstić information content (AvgIpc) is 2.73. The van der Waals surface area contributed by atoms with Crippen molar-refractivity contribution in [1.82, 2.24) is 4.57 Å². The summed E-state index contributed by atoms with van der Waals surface area (Å²) in [6.07, 6.45) is 0. The number of nitroso groups, excluding NO2 is 1. The molecule has 3 rings (SSSR count). The molecular formula is C15H10Cl2N2O2. The van der Waals surface area contributed by atoms with Crippen molar-refractivity contribution in [3.05, 3.63) is 63.0 Å². The number of nitrogens with zero attached hydrogens (tertiary/aromatic N) is 2. The molecule has 0 radical (unpaired) electrons. The second kappa shape index (κ2) is 5.39. The van der Waals surface area contributed by atoms with Gasteiger partial charge < -0.3 is 9.67 Å². The minimum absolute atomic E-state index is 0.0143. The monoisotopic (exact) mass is 320 g/mol. The molecule has 0 amide bonds. The highest BCUT2D eigenvalue weighted by atomic mass is 35.5. The van der Waals surface area contributed by atoms with E-state index in [1.165, 1.54) is 0 Å². The van der Waals surface area contributed by atoms with Gasteiger partial charge in [0.25, 0.3) is 0 Å². The van der Waals surface area contributed by atoms with Gasteiger partial charge in [-0.3, -0.25) is 0 Å². The van der Waals surface area contributed by atoms with Crippen molar-refractivity contribution in [2.45, 2.75) is 6.54 Å². The molecule has 0 atom stereocenters. The van der Waals surface area contributed by atoms with Crippen LogP contribution in [0.5, 0.6) is 5.88 Å². The maximum atomic E-state index is 11.0. The molecule has 1 aromatic heterocycles. The first-order valence-electron chi connectivity index (χ1n) is 6.19. The molecule has 1 heterocycles. The zero-order valence-electron chi connectivity index (χ0n) is 10.8. The second-order valence-corrected chi connectivity index (χ2v) is 5.45. The van der Waals surface area contributed by atoms with Gasteiger partial charge in [-0.25, -0.2) is 0 Å². The van der Waals surface area contributed by atoms with Crippen molar-refractivity contribution in [3.63, 3.8) is 0 Å². The van der Waals surface area contributed by atoms with Gasteiger partial charge in [0.15, 0.2) is 5.69 Å². The topological polar surface area (TPSA) is 54.6 Å².